The van der Waals surface area contributed by atoms with E-state index in [9.17, 15) is 4.79 Å². The highest BCUT2D eigenvalue weighted by molar-refractivity contribution is 7.09. The van der Waals surface area contributed by atoms with Crippen LogP contribution in [0.2, 0.25) is 0 Å². The lowest BCUT2D eigenvalue weighted by Gasteiger charge is -2.35. The lowest BCUT2D eigenvalue weighted by atomic mass is 10.2. The van der Waals surface area contributed by atoms with E-state index in [4.69, 9.17) is 0 Å². The maximum atomic E-state index is 12.2. The number of hydrogen-bond acceptors (Lipinski definition) is 5. The molecule has 1 aromatic rings. The van der Waals surface area contributed by atoms with Gasteiger partial charge >= 0.3 is 0 Å². The van der Waals surface area contributed by atoms with Crippen molar-refractivity contribution < 1.29 is 4.79 Å². The Balaban J connectivity index is 1.34. The molecule has 6 heteroatoms. The molecule has 0 aromatic carbocycles. The van der Waals surface area contributed by atoms with Crippen molar-refractivity contribution in [2.24, 2.45) is 0 Å². The second-order valence-corrected chi connectivity index (χ2v) is 7.11. The maximum absolute atomic E-state index is 12.2. The van der Waals surface area contributed by atoms with Crippen molar-refractivity contribution in [3.8, 4) is 0 Å². The van der Waals surface area contributed by atoms with Crippen LogP contribution in [0.15, 0.2) is 17.5 Å². The Morgan fingerprint density at radius 2 is 1.82 bits per heavy atom. The van der Waals surface area contributed by atoms with Crippen LogP contribution in [0.25, 0.3) is 0 Å². The molecule has 1 amide bonds. The van der Waals surface area contributed by atoms with E-state index in [1.807, 2.05) is 16.2 Å². The highest BCUT2D eigenvalue weighted by atomic mass is 32.1. The Kier molecular flexibility index (Phi) is 5.83. The van der Waals surface area contributed by atoms with Gasteiger partial charge in [0, 0.05) is 76.7 Å². The molecule has 0 saturated carbocycles. The molecule has 3 heterocycles. The Morgan fingerprint density at radius 3 is 2.50 bits per heavy atom. The average Bonchev–Trinajstić information content (AvgIpc) is 3.08. The van der Waals surface area contributed by atoms with Gasteiger partial charge in [0.1, 0.15) is 0 Å². The van der Waals surface area contributed by atoms with Crippen LogP contribution in [-0.4, -0.2) is 79.5 Å². The molecule has 0 radical (unpaired) electrons. The minimum atomic E-state index is 0.322. The molecule has 0 atom stereocenters. The van der Waals surface area contributed by atoms with Crippen molar-refractivity contribution in [3.63, 3.8) is 0 Å². The zero-order valence-electron chi connectivity index (χ0n) is 13.2. The third kappa shape index (κ3) is 4.52. The van der Waals surface area contributed by atoms with E-state index in [1.165, 1.54) is 4.88 Å². The van der Waals surface area contributed by atoms with Crippen LogP contribution < -0.4 is 5.32 Å². The predicted octanol–water partition coefficient (Wildman–Crippen LogP) is 0.688. The van der Waals surface area contributed by atoms with Gasteiger partial charge in [-0.1, -0.05) is 6.07 Å². The summed E-state index contributed by atoms with van der Waals surface area (Å²) in [6.45, 7) is 9.99. The quantitative estimate of drug-likeness (QED) is 0.866. The number of carbonyl (C=O) groups is 1. The lowest BCUT2D eigenvalue weighted by Crippen LogP contribution is -2.49. The summed E-state index contributed by atoms with van der Waals surface area (Å²) >= 11 is 1.84. The Hall–Kier alpha value is -0.950. The smallest absolute Gasteiger partial charge is 0.223 e. The van der Waals surface area contributed by atoms with Gasteiger partial charge in [0.15, 0.2) is 0 Å². The summed E-state index contributed by atoms with van der Waals surface area (Å²) in [5.41, 5.74) is 0. The van der Waals surface area contributed by atoms with Crippen molar-refractivity contribution in [2.75, 3.05) is 58.9 Å². The molecular formula is C16H26N4OS. The molecule has 2 aliphatic heterocycles. The van der Waals surface area contributed by atoms with E-state index in [-0.39, 0.29) is 0 Å². The van der Waals surface area contributed by atoms with Gasteiger partial charge in [-0.25, -0.2) is 0 Å². The normalized spacial score (nSPS) is 21.2. The number of nitrogens with zero attached hydrogens (tertiary/aromatic N) is 3. The standard InChI is InChI=1S/C16H26N4OS/c21-16(20-7-4-17-5-8-20)3-6-18-9-11-19(12-10-18)14-15-2-1-13-22-15/h1-2,13,17H,3-12,14H2. The molecule has 22 heavy (non-hydrogen) atoms. The van der Waals surface area contributed by atoms with Gasteiger partial charge in [-0.3, -0.25) is 9.69 Å². The average molecular weight is 322 g/mol. The van der Waals surface area contributed by atoms with Crippen LogP contribution >= 0.6 is 11.3 Å². The highest BCUT2D eigenvalue weighted by Gasteiger charge is 2.20. The SMILES string of the molecule is O=C(CCN1CCN(Cc2cccs2)CC1)N1CCNCC1. The number of hydrogen-bond donors (Lipinski definition) is 1. The summed E-state index contributed by atoms with van der Waals surface area (Å²) in [5, 5.41) is 5.44. The van der Waals surface area contributed by atoms with Crippen LogP contribution in [0.4, 0.5) is 0 Å². The second-order valence-electron chi connectivity index (χ2n) is 6.08. The van der Waals surface area contributed by atoms with Crippen molar-refractivity contribution in [1.82, 2.24) is 20.0 Å². The Morgan fingerprint density at radius 1 is 1.09 bits per heavy atom. The van der Waals surface area contributed by atoms with Crippen LogP contribution in [0, 0.1) is 0 Å². The summed E-state index contributed by atoms with van der Waals surface area (Å²) < 4.78 is 0. The van der Waals surface area contributed by atoms with Crippen LogP contribution in [-0.2, 0) is 11.3 Å². The molecule has 1 N–H and O–H groups in total. The fraction of sp³-hybridized carbons (Fsp3) is 0.688. The van der Waals surface area contributed by atoms with Crippen molar-refractivity contribution in [3.05, 3.63) is 22.4 Å². The fourth-order valence-electron chi connectivity index (χ4n) is 3.12. The zero-order chi connectivity index (χ0) is 15.2. The van der Waals surface area contributed by atoms with E-state index >= 15 is 0 Å². The van der Waals surface area contributed by atoms with Gasteiger partial charge in [0.05, 0.1) is 0 Å². The number of piperazine rings is 2. The number of nitrogens with one attached hydrogen (secondary N) is 1. The Bertz CT molecular complexity index is 451. The summed E-state index contributed by atoms with van der Waals surface area (Å²) in [5.74, 6) is 0.322. The first-order valence-electron chi connectivity index (χ1n) is 8.27. The monoisotopic (exact) mass is 322 g/mol. The molecule has 0 spiro atoms. The first-order chi connectivity index (χ1) is 10.8. The van der Waals surface area contributed by atoms with Gasteiger partial charge in [-0.15, -0.1) is 11.3 Å². The van der Waals surface area contributed by atoms with Crippen LogP contribution in [0.3, 0.4) is 0 Å². The molecule has 3 rings (SSSR count). The topological polar surface area (TPSA) is 38.8 Å². The minimum Gasteiger partial charge on any atom is -0.340 e. The van der Waals surface area contributed by atoms with Crippen molar-refractivity contribution in [2.45, 2.75) is 13.0 Å². The Labute approximate surface area is 136 Å². The number of amides is 1. The third-order valence-electron chi connectivity index (χ3n) is 4.54. The first-order valence-corrected chi connectivity index (χ1v) is 9.15. The number of carbonyl (C=O) groups excluding carboxylic acids is 1. The third-order valence-corrected chi connectivity index (χ3v) is 5.40. The van der Waals surface area contributed by atoms with Crippen LogP contribution in [0.5, 0.6) is 0 Å². The summed E-state index contributed by atoms with van der Waals surface area (Å²) in [7, 11) is 0. The molecule has 2 fully saturated rings. The number of thiophene rings is 1. The largest absolute Gasteiger partial charge is 0.340 e. The maximum Gasteiger partial charge on any atom is 0.223 e. The molecular weight excluding hydrogens is 296 g/mol. The molecule has 122 valence electrons. The summed E-state index contributed by atoms with van der Waals surface area (Å²) in [4.78, 5) is 20.6. The van der Waals surface area contributed by atoms with Crippen molar-refractivity contribution >= 4 is 17.2 Å². The van der Waals surface area contributed by atoms with E-state index in [1.54, 1.807) is 0 Å². The molecule has 2 saturated heterocycles. The zero-order valence-corrected chi connectivity index (χ0v) is 14.0. The minimum absolute atomic E-state index is 0.322. The van der Waals surface area contributed by atoms with Gasteiger partial charge < -0.3 is 15.1 Å². The predicted molar refractivity (Wildman–Crippen MR) is 90.1 cm³/mol. The van der Waals surface area contributed by atoms with E-state index in [2.05, 4.69) is 32.6 Å². The van der Waals surface area contributed by atoms with E-state index < -0.39 is 0 Å². The summed E-state index contributed by atoms with van der Waals surface area (Å²) in [6, 6.07) is 4.33. The lowest BCUT2D eigenvalue weighted by molar-refractivity contribution is -0.132. The second kappa shape index (κ2) is 8.06. The molecule has 1 aromatic heterocycles. The number of rotatable bonds is 5. The van der Waals surface area contributed by atoms with Gasteiger partial charge in [0.25, 0.3) is 0 Å². The van der Waals surface area contributed by atoms with E-state index in [0.29, 0.717) is 12.3 Å². The molecule has 5 nitrogen and oxygen atoms in total. The van der Waals surface area contributed by atoms with Crippen LogP contribution in [0.1, 0.15) is 11.3 Å². The summed E-state index contributed by atoms with van der Waals surface area (Å²) in [6.07, 6.45) is 0.672. The molecule has 0 bridgehead atoms. The molecule has 0 unspecified atom stereocenters. The first kappa shape index (κ1) is 15.9. The van der Waals surface area contributed by atoms with Gasteiger partial charge in [-0.05, 0) is 11.4 Å². The van der Waals surface area contributed by atoms with E-state index in [0.717, 1.165) is 65.4 Å². The van der Waals surface area contributed by atoms with Gasteiger partial charge in [-0.2, -0.15) is 0 Å². The fourth-order valence-corrected chi connectivity index (χ4v) is 3.87. The molecule has 2 aliphatic rings. The van der Waals surface area contributed by atoms with Crippen molar-refractivity contribution in [1.29, 1.82) is 0 Å². The highest BCUT2D eigenvalue weighted by Crippen LogP contribution is 2.13. The molecule has 0 aliphatic carbocycles. The van der Waals surface area contributed by atoms with Gasteiger partial charge in [0.2, 0.25) is 5.91 Å².